The van der Waals surface area contributed by atoms with Crippen LogP contribution in [-0.4, -0.2) is 11.2 Å². The smallest absolute Gasteiger partial charge is 0.224 e. The standard InChI is InChI=1S/C13H17Br2NO/c14-10-4-2-1-3-5-13(17)16-12-8-6-11(15)7-9-12/h6-9H,1-5,10H2,(H,16,17). The molecule has 0 spiro atoms. The molecule has 0 bridgehead atoms. The summed E-state index contributed by atoms with van der Waals surface area (Å²) in [6.07, 6.45) is 5.08. The van der Waals surface area contributed by atoms with Crippen LogP contribution >= 0.6 is 31.9 Å². The number of rotatable bonds is 7. The van der Waals surface area contributed by atoms with Gasteiger partial charge in [0, 0.05) is 21.9 Å². The van der Waals surface area contributed by atoms with Gasteiger partial charge in [-0.2, -0.15) is 0 Å². The summed E-state index contributed by atoms with van der Waals surface area (Å²) in [4.78, 5) is 11.6. The van der Waals surface area contributed by atoms with Gasteiger partial charge in [0.1, 0.15) is 0 Å². The number of carbonyl (C=O) groups excluding carboxylic acids is 1. The van der Waals surface area contributed by atoms with E-state index in [1.165, 1.54) is 12.8 Å². The van der Waals surface area contributed by atoms with Gasteiger partial charge in [0.25, 0.3) is 0 Å². The topological polar surface area (TPSA) is 29.1 Å². The number of alkyl halides is 1. The Hall–Kier alpha value is -0.350. The van der Waals surface area contributed by atoms with E-state index < -0.39 is 0 Å². The Kier molecular flexibility index (Phi) is 7.53. The summed E-state index contributed by atoms with van der Waals surface area (Å²) in [5.74, 6) is 0.103. The van der Waals surface area contributed by atoms with Gasteiger partial charge in [-0.1, -0.05) is 44.7 Å². The minimum atomic E-state index is 0.103. The number of carbonyl (C=O) groups is 1. The Morgan fingerprint density at radius 2 is 1.71 bits per heavy atom. The van der Waals surface area contributed by atoms with Crippen molar-refractivity contribution in [3.63, 3.8) is 0 Å². The van der Waals surface area contributed by atoms with E-state index in [2.05, 4.69) is 37.2 Å². The predicted octanol–water partition coefficient (Wildman–Crippen LogP) is 4.73. The van der Waals surface area contributed by atoms with Crippen LogP contribution in [0.15, 0.2) is 28.7 Å². The van der Waals surface area contributed by atoms with Crippen LogP contribution in [0, 0.1) is 0 Å². The SMILES string of the molecule is O=C(CCCCCCBr)Nc1ccc(Br)cc1. The highest BCUT2D eigenvalue weighted by atomic mass is 79.9. The molecule has 1 aromatic carbocycles. The van der Waals surface area contributed by atoms with Gasteiger partial charge in [-0.25, -0.2) is 0 Å². The predicted molar refractivity (Wildman–Crippen MR) is 79.7 cm³/mol. The second-order valence-corrected chi connectivity index (χ2v) is 5.62. The number of hydrogen-bond acceptors (Lipinski definition) is 1. The summed E-state index contributed by atoms with van der Waals surface area (Å²) in [6, 6.07) is 7.64. The largest absolute Gasteiger partial charge is 0.326 e. The minimum absolute atomic E-state index is 0.103. The molecule has 0 aliphatic rings. The van der Waals surface area contributed by atoms with Gasteiger partial charge in [-0.15, -0.1) is 0 Å². The molecule has 94 valence electrons. The highest BCUT2D eigenvalue weighted by Gasteiger charge is 2.01. The van der Waals surface area contributed by atoms with Gasteiger partial charge in [-0.3, -0.25) is 4.79 Å². The monoisotopic (exact) mass is 361 g/mol. The Bertz CT molecular complexity index is 338. The van der Waals surface area contributed by atoms with E-state index in [0.717, 1.165) is 28.3 Å². The summed E-state index contributed by atoms with van der Waals surface area (Å²) >= 11 is 6.76. The van der Waals surface area contributed by atoms with Crippen LogP contribution in [0.1, 0.15) is 32.1 Å². The molecule has 0 aliphatic carbocycles. The molecule has 0 unspecified atom stereocenters. The first kappa shape index (κ1) is 14.7. The van der Waals surface area contributed by atoms with Crippen molar-refractivity contribution in [1.29, 1.82) is 0 Å². The zero-order valence-electron chi connectivity index (χ0n) is 9.72. The van der Waals surface area contributed by atoms with Crippen molar-refractivity contribution in [3.8, 4) is 0 Å². The van der Waals surface area contributed by atoms with E-state index in [1.807, 2.05) is 24.3 Å². The molecule has 1 N–H and O–H groups in total. The molecule has 0 fully saturated rings. The number of unbranched alkanes of at least 4 members (excludes halogenated alkanes) is 3. The van der Waals surface area contributed by atoms with Gasteiger partial charge >= 0.3 is 0 Å². The molecule has 0 aliphatic heterocycles. The summed E-state index contributed by atoms with van der Waals surface area (Å²) in [5.41, 5.74) is 0.860. The van der Waals surface area contributed by atoms with Gasteiger partial charge in [-0.05, 0) is 37.1 Å². The molecular weight excluding hydrogens is 346 g/mol. The lowest BCUT2D eigenvalue weighted by Crippen LogP contribution is -2.10. The van der Waals surface area contributed by atoms with Gasteiger partial charge in [0.2, 0.25) is 5.91 Å². The zero-order chi connectivity index (χ0) is 12.5. The molecule has 0 heterocycles. The van der Waals surface area contributed by atoms with Gasteiger partial charge in [0.15, 0.2) is 0 Å². The normalized spacial score (nSPS) is 10.2. The number of hydrogen-bond donors (Lipinski definition) is 1. The third-order valence-corrected chi connectivity index (χ3v) is 3.50. The first-order chi connectivity index (χ1) is 8.22. The van der Waals surface area contributed by atoms with Crippen LogP contribution in [0.3, 0.4) is 0 Å². The minimum Gasteiger partial charge on any atom is -0.326 e. The number of benzene rings is 1. The van der Waals surface area contributed by atoms with E-state index in [1.54, 1.807) is 0 Å². The molecule has 1 amide bonds. The Morgan fingerprint density at radius 1 is 1.06 bits per heavy atom. The van der Waals surface area contributed by atoms with Crippen molar-refractivity contribution in [2.45, 2.75) is 32.1 Å². The lowest BCUT2D eigenvalue weighted by atomic mass is 10.1. The summed E-state index contributed by atoms with van der Waals surface area (Å²) in [6.45, 7) is 0. The van der Waals surface area contributed by atoms with Crippen molar-refractivity contribution in [2.24, 2.45) is 0 Å². The van der Waals surface area contributed by atoms with E-state index >= 15 is 0 Å². The van der Waals surface area contributed by atoms with Crippen LogP contribution in [0.4, 0.5) is 5.69 Å². The number of anilines is 1. The van der Waals surface area contributed by atoms with Crippen molar-refractivity contribution in [3.05, 3.63) is 28.7 Å². The highest BCUT2D eigenvalue weighted by Crippen LogP contribution is 2.14. The first-order valence-corrected chi connectivity index (χ1v) is 7.75. The van der Waals surface area contributed by atoms with Crippen molar-refractivity contribution >= 4 is 43.5 Å². The quantitative estimate of drug-likeness (QED) is 0.551. The fourth-order valence-corrected chi connectivity index (χ4v) is 2.15. The van der Waals surface area contributed by atoms with Gasteiger partial charge < -0.3 is 5.32 Å². The molecule has 0 radical (unpaired) electrons. The number of amides is 1. The summed E-state index contributed by atoms with van der Waals surface area (Å²) in [5, 5.41) is 3.94. The Labute approximate surface area is 119 Å². The number of halogens is 2. The second kappa shape index (κ2) is 8.70. The Balaban J connectivity index is 2.18. The van der Waals surface area contributed by atoms with E-state index in [9.17, 15) is 4.79 Å². The maximum Gasteiger partial charge on any atom is 0.224 e. The van der Waals surface area contributed by atoms with E-state index in [0.29, 0.717) is 6.42 Å². The molecule has 1 rings (SSSR count). The zero-order valence-corrected chi connectivity index (χ0v) is 12.9. The first-order valence-electron chi connectivity index (χ1n) is 5.84. The Morgan fingerprint density at radius 3 is 2.35 bits per heavy atom. The number of nitrogens with one attached hydrogen (secondary N) is 1. The molecular formula is C13H17Br2NO. The summed E-state index contributed by atoms with van der Waals surface area (Å²) < 4.78 is 1.02. The molecule has 0 saturated heterocycles. The molecule has 4 heteroatoms. The third kappa shape index (κ3) is 6.84. The maximum atomic E-state index is 11.6. The maximum absolute atomic E-state index is 11.6. The van der Waals surface area contributed by atoms with Crippen molar-refractivity contribution < 1.29 is 4.79 Å². The lowest BCUT2D eigenvalue weighted by molar-refractivity contribution is -0.116. The highest BCUT2D eigenvalue weighted by molar-refractivity contribution is 9.10. The van der Waals surface area contributed by atoms with Crippen LogP contribution in [0.2, 0.25) is 0 Å². The fourth-order valence-electron chi connectivity index (χ4n) is 1.49. The average Bonchev–Trinajstić information content (AvgIpc) is 2.32. The van der Waals surface area contributed by atoms with Crippen molar-refractivity contribution in [1.82, 2.24) is 0 Å². The molecule has 0 saturated carbocycles. The van der Waals surface area contributed by atoms with E-state index in [4.69, 9.17) is 0 Å². The third-order valence-electron chi connectivity index (χ3n) is 2.42. The van der Waals surface area contributed by atoms with Crippen molar-refractivity contribution in [2.75, 3.05) is 10.6 Å². The fraction of sp³-hybridized carbons (Fsp3) is 0.462. The molecule has 1 aromatic rings. The van der Waals surface area contributed by atoms with Crippen LogP contribution in [0.5, 0.6) is 0 Å². The molecule has 0 aromatic heterocycles. The lowest BCUT2D eigenvalue weighted by Gasteiger charge is -2.05. The molecule has 0 atom stereocenters. The average molecular weight is 363 g/mol. The van der Waals surface area contributed by atoms with E-state index in [-0.39, 0.29) is 5.91 Å². The van der Waals surface area contributed by atoms with Gasteiger partial charge in [0.05, 0.1) is 0 Å². The summed E-state index contributed by atoms with van der Waals surface area (Å²) in [7, 11) is 0. The molecule has 2 nitrogen and oxygen atoms in total. The van der Waals surface area contributed by atoms with Crippen LogP contribution in [0.25, 0.3) is 0 Å². The van der Waals surface area contributed by atoms with Crippen LogP contribution < -0.4 is 5.32 Å². The second-order valence-electron chi connectivity index (χ2n) is 3.91. The molecule has 17 heavy (non-hydrogen) atoms. The van der Waals surface area contributed by atoms with Crippen LogP contribution in [-0.2, 0) is 4.79 Å².